The normalized spacial score (nSPS) is 10.4. The number of anilines is 2. The largest absolute Gasteiger partial charge is 0.380 e. The number of pyridine rings is 1. The summed E-state index contributed by atoms with van der Waals surface area (Å²) in [5.74, 6) is 0.483. The van der Waals surface area contributed by atoms with Crippen LogP contribution in [-0.4, -0.2) is 17.4 Å². The van der Waals surface area contributed by atoms with Gasteiger partial charge in [0.25, 0.3) is 0 Å². The van der Waals surface area contributed by atoms with Gasteiger partial charge in [0.05, 0.1) is 11.9 Å². The molecule has 0 aliphatic rings. The summed E-state index contributed by atoms with van der Waals surface area (Å²) in [4.78, 5) is 16.9. The van der Waals surface area contributed by atoms with Gasteiger partial charge in [0, 0.05) is 18.9 Å². The van der Waals surface area contributed by atoms with E-state index in [9.17, 15) is 4.79 Å². The van der Waals surface area contributed by atoms with Crippen LogP contribution in [0.3, 0.4) is 0 Å². The fourth-order valence-electron chi connectivity index (χ4n) is 2.94. The average molecular weight is 357 g/mol. The van der Waals surface area contributed by atoms with Crippen molar-refractivity contribution in [1.29, 1.82) is 0 Å². The second-order valence-electron chi connectivity index (χ2n) is 6.23. The standard InChI is InChI=1S/C23H23N3O/c1-2-15-24-20-13-14-22(25-17-20)26-23(27)16-21(18-9-5-3-6-10-18)19-11-7-4-8-12-19/h2-14,17,21,24H,1,15-16H2,(H,25,26,27). The minimum atomic E-state index is -0.0630. The Bertz CT molecular complexity index is 822. The van der Waals surface area contributed by atoms with Gasteiger partial charge in [0.2, 0.25) is 5.91 Å². The van der Waals surface area contributed by atoms with Crippen LogP contribution in [0.25, 0.3) is 0 Å². The van der Waals surface area contributed by atoms with Crippen LogP contribution in [0.2, 0.25) is 0 Å². The van der Waals surface area contributed by atoms with Crippen LogP contribution in [0.5, 0.6) is 0 Å². The first-order valence-corrected chi connectivity index (χ1v) is 8.97. The van der Waals surface area contributed by atoms with E-state index in [1.54, 1.807) is 18.3 Å². The molecule has 0 bridgehead atoms. The van der Waals surface area contributed by atoms with Crippen molar-refractivity contribution in [2.45, 2.75) is 12.3 Å². The van der Waals surface area contributed by atoms with Gasteiger partial charge in [0.1, 0.15) is 5.82 Å². The first-order chi connectivity index (χ1) is 13.3. The SMILES string of the molecule is C=CCNc1ccc(NC(=O)CC(c2ccccc2)c2ccccc2)nc1. The van der Waals surface area contributed by atoms with Crippen molar-refractivity contribution in [2.24, 2.45) is 0 Å². The smallest absolute Gasteiger partial charge is 0.226 e. The molecular formula is C23H23N3O. The Hall–Kier alpha value is -3.40. The molecule has 1 aromatic heterocycles. The zero-order valence-corrected chi connectivity index (χ0v) is 15.1. The molecule has 0 unspecified atom stereocenters. The third-order valence-electron chi connectivity index (χ3n) is 4.27. The van der Waals surface area contributed by atoms with E-state index in [-0.39, 0.29) is 11.8 Å². The third-order valence-corrected chi connectivity index (χ3v) is 4.27. The first-order valence-electron chi connectivity index (χ1n) is 8.97. The predicted octanol–water partition coefficient (Wildman–Crippen LogP) is 4.84. The molecule has 0 radical (unpaired) electrons. The Morgan fingerprint density at radius 1 is 0.963 bits per heavy atom. The van der Waals surface area contributed by atoms with Gasteiger partial charge in [-0.05, 0) is 23.3 Å². The highest BCUT2D eigenvalue weighted by molar-refractivity contribution is 5.90. The fraction of sp³-hybridized carbons (Fsp3) is 0.130. The van der Waals surface area contributed by atoms with Crippen LogP contribution < -0.4 is 10.6 Å². The molecule has 1 heterocycles. The van der Waals surface area contributed by atoms with Crippen LogP contribution >= 0.6 is 0 Å². The van der Waals surface area contributed by atoms with Crippen molar-refractivity contribution < 1.29 is 4.79 Å². The highest BCUT2D eigenvalue weighted by atomic mass is 16.1. The molecule has 0 fully saturated rings. The summed E-state index contributed by atoms with van der Waals surface area (Å²) in [6.45, 7) is 4.34. The molecule has 3 aromatic rings. The molecule has 27 heavy (non-hydrogen) atoms. The van der Waals surface area contributed by atoms with E-state index in [4.69, 9.17) is 0 Å². The summed E-state index contributed by atoms with van der Waals surface area (Å²) < 4.78 is 0. The Kier molecular flexibility index (Phi) is 6.36. The number of carbonyl (C=O) groups excluding carboxylic acids is 1. The molecule has 0 aliphatic heterocycles. The molecule has 2 N–H and O–H groups in total. The van der Waals surface area contributed by atoms with Crippen molar-refractivity contribution in [3.05, 3.63) is 103 Å². The molecule has 136 valence electrons. The van der Waals surface area contributed by atoms with E-state index in [0.717, 1.165) is 16.8 Å². The molecule has 3 rings (SSSR count). The highest BCUT2D eigenvalue weighted by Crippen LogP contribution is 2.28. The summed E-state index contributed by atoms with van der Waals surface area (Å²) in [6, 6.07) is 23.9. The van der Waals surface area contributed by atoms with E-state index in [0.29, 0.717) is 18.8 Å². The maximum atomic E-state index is 12.6. The van der Waals surface area contributed by atoms with Crippen molar-refractivity contribution in [3.8, 4) is 0 Å². The van der Waals surface area contributed by atoms with Gasteiger partial charge >= 0.3 is 0 Å². The lowest BCUT2D eigenvalue weighted by molar-refractivity contribution is -0.116. The monoisotopic (exact) mass is 357 g/mol. The second kappa shape index (κ2) is 9.34. The molecule has 0 saturated carbocycles. The summed E-state index contributed by atoms with van der Waals surface area (Å²) in [5.41, 5.74) is 3.13. The van der Waals surface area contributed by atoms with E-state index in [2.05, 4.69) is 46.5 Å². The summed E-state index contributed by atoms with van der Waals surface area (Å²) in [7, 11) is 0. The molecule has 0 saturated heterocycles. The summed E-state index contributed by atoms with van der Waals surface area (Å²) in [6.07, 6.45) is 3.83. The molecule has 0 aliphatic carbocycles. The summed E-state index contributed by atoms with van der Waals surface area (Å²) in [5, 5.41) is 6.05. The van der Waals surface area contributed by atoms with Gasteiger partial charge in [0.15, 0.2) is 0 Å². The van der Waals surface area contributed by atoms with Crippen molar-refractivity contribution in [2.75, 3.05) is 17.2 Å². The number of hydrogen-bond donors (Lipinski definition) is 2. The topological polar surface area (TPSA) is 54.0 Å². The molecule has 0 spiro atoms. The molecule has 1 amide bonds. The lowest BCUT2D eigenvalue weighted by Crippen LogP contribution is -2.17. The minimum Gasteiger partial charge on any atom is -0.380 e. The quantitative estimate of drug-likeness (QED) is 0.567. The summed E-state index contributed by atoms with van der Waals surface area (Å²) >= 11 is 0. The number of nitrogens with one attached hydrogen (secondary N) is 2. The zero-order valence-electron chi connectivity index (χ0n) is 15.1. The lowest BCUT2D eigenvalue weighted by Gasteiger charge is -2.17. The molecule has 2 aromatic carbocycles. The molecular weight excluding hydrogens is 334 g/mol. The number of hydrogen-bond acceptors (Lipinski definition) is 3. The van der Waals surface area contributed by atoms with Crippen molar-refractivity contribution >= 4 is 17.4 Å². The predicted molar refractivity (Wildman–Crippen MR) is 111 cm³/mol. The van der Waals surface area contributed by atoms with E-state index >= 15 is 0 Å². The van der Waals surface area contributed by atoms with Crippen molar-refractivity contribution in [3.63, 3.8) is 0 Å². The number of amides is 1. The van der Waals surface area contributed by atoms with Crippen LogP contribution in [0.4, 0.5) is 11.5 Å². The third kappa shape index (κ3) is 5.28. The van der Waals surface area contributed by atoms with Crippen LogP contribution in [0.15, 0.2) is 91.6 Å². The average Bonchev–Trinajstić information content (AvgIpc) is 2.73. The van der Waals surface area contributed by atoms with Crippen LogP contribution in [-0.2, 0) is 4.79 Å². The van der Waals surface area contributed by atoms with Gasteiger partial charge in [-0.2, -0.15) is 0 Å². The van der Waals surface area contributed by atoms with Gasteiger partial charge in [-0.1, -0.05) is 66.7 Å². The Morgan fingerprint density at radius 2 is 1.59 bits per heavy atom. The number of nitrogens with zero attached hydrogens (tertiary/aromatic N) is 1. The number of rotatable bonds is 8. The number of aromatic nitrogens is 1. The molecule has 4 nitrogen and oxygen atoms in total. The van der Waals surface area contributed by atoms with Gasteiger partial charge in [-0.25, -0.2) is 4.98 Å². The maximum absolute atomic E-state index is 12.6. The van der Waals surface area contributed by atoms with Gasteiger partial charge in [-0.15, -0.1) is 6.58 Å². The van der Waals surface area contributed by atoms with Crippen LogP contribution in [0.1, 0.15) is 23.5 Å². The molecule has 0 atom stereocenters. The maximum Gasteiger partial charge on any atom is 0.226 e. The Labute approximate surface area is 160 Å². The zero-order chi connectivity index (χ0) is 18.9. The van der Waals surface area contributed by atoms with E-state index in [1.165, 1.54) is 0 Å². The van der Waals surface area contributed by atoms with Gasteiger partial charge in [-0.3, -0.25) is 4.79 Å². The Morgan fingerprint density at radius 3 is 2.11 bits per heavy atom. The first kappa shape index (κ1) is 18.4. The number of carbonyl (C=O) groups is 1. The Balaban J connectivity index is 1.70. The van der Waals surface area contributed by atoms with E-state index < -0.39 is 0 Å². The highest BCUT2D eigenvalue weighted by Gasteiger charge is 2.18. The number of benzene rings is 2. The lowest BCUT2D eigenvalue weighted by atomic mass is 9.88. The molecule has 4 heteroatoms. The van der Waals surface area contributed by atoms with Crippen molar-refractivity contribution in [1.82, 2.24) is 4.98 Å². The van der Waals surface area contributed by atoms with Crippen LogP contribution in [0, 0.1) is 0 Å². The fourth-order valence-corrected chi connectivity index (χ4v) is 2.94. The second-order valence-corrected chi connectivity index (χ2v) is 6.23. The van der Waals surface area contributed by atoms with E-state index in [1.807, 2.05) is 42.5 Å². The van der Waals surface area contributed by atoms with Gasteiger partial charge < -0.3 is 10.6 Å². The minimum absolute atomic E-state index is 0.000862.